The lowest BCUT2D eigenvalue weighted by molar-refractivity contribution is -0.133. The van der Waals surface area contributed by atoms with E-state index >= 15 is 0 Å². The molecule has 1 saturated carbocycles. The highest BCUT2D eigenvalue weighted by atomic mass is 16.5. The normalized spacial score (nSPS) is 19.9. The first kappa shape index (κ1) is 23.7. The molecule has 1 heterocycles. The Kier molecular flexibility index (Phi) is 7.09. The van der Waals surface area contributed by atoms with E-state index in [1.54, 1.807) is 29.7 Å². The third kappa shape index (κ3) is 5.18. The molecule has 34 heavy (non-hydrogen) atoms. The summed E-state index contributed by atoms with van der Waals surface area (Å²) in [6.45, 7) is 2.35. The number of rotatable bonds is 7. The number of pyridine rings is 1. The molecule has 3 aromatic rings. The van der Waals surface area contributed by atoms with E-state index in [2.05, 4.69) is 10.3 Å². The summed E-state index contributed by atoms with van der Waals surface area (Å²) in [5.41, 5.74) is 5.13. The Morgan fingerprint density at radius 3 is 2.56 bits per heavy atom. The van der Waals surface area contributed by atoms with Gasteiger partial charge in [0.2, 0.25) is 5.91 Å². The van der Waals surface area contributed by atoms with E-state index in [0.29, 0.717) is 30.8 Å². The fourth-order valence-corrected chi connectivity index (χ4v) is 4.59. The van der Waals surface area contributed by atoms with Crippen molar-refractivity contribution >= 4 is 22.7 Å². The van der Waals surface area contributed by atoms with Gasteiger partial charge in [0.15, 0.2) is 0 Å². The van der Waals surface area contributed by atoms with Crippen molar-refractivity contribution in [2.75, 3.05) is 14.1 Å². The minimum Gasteiger partial charge on any atom is -0.489 e. The number of carbonyl (C=O) groups excluding carboxylic acids is 2. The first-order valence-electron chi connectivity index (χ1n) is 11.3. The Labute approximate surface area is 198 Å². The van der Waals surface area contributed by atoms with E-state index in [9.17, 15) is 9.59 Å². The lowest BCUT2D eigenvalue weighted by atomic mass is 10.0. The molecule has 0 radical (unpaired) electrons. The number of fused-ring (bicyclic) bond motifs is 1. The first-order valence-corrected chi connectivity index (χ1v) is 11.3. The number of para-hydroxylation sites is 1. The number of carbonyl (C=O) groups is 2. The zero-order valence-corrected chi connectivity index (χ0v) is 19.6. The highest BCUT2D eigenvalue weighted by Crippen LogP contribution is 2.29. The molecule has 0 saturated heterocycles. The van der Waals surface area contributed by atoms with E-state index in [1.807, 2.05) is 56.3 Å². The third-order valence-corrected chi connectivity index (χ3v) is 6.47. The molecule has 3 atom stereocenters. The van der Waals surface area contributed by atoms with Crippen LogP contribution in [0.2, 0.25) is 0 Å². The van der Waals surface area contributed by atoms with Gasteiger partial charge in [0.05, 0.1) is 11.4 Å². The summed E-state index contributed by atoms with van der Waals surface area (Å²) in [7, 11) is 3.88. The SMILES string of the molecule is Cc1cc(COc2ccc(C(=O)NC3CC(N(C)C)C[C@@H]3C(=O)NO)cc2)c2ccccc2n1. The van der Waals surface area contributed by atoms with E-state index in [1.165, 1.54) is 0 Å². The van der Waals surface area contributed by atoms with Gasteiger partial charge in [-0.1, -0.05) is 18.2 Å². The van der Waals surface area contributed by atoms with Crippen LogP contribution in [0, 0.1) is 12.8 Å². The summed E-state index contributed by atoms with van der Waals surface area (Å²) in [4.78, 5) is 31.5. The highest BCUT2D eigenvalue weighted by Gasteiger charge is 2.40. The number of aryl methyl sites for hydroxylation is 1. The Bertz CT molecular complexity index is 1180. The summed E-state index contributed by atoms with van der Waals surface area (Å²) in [5.74, 6) is -0.566. The van der Waals surface area contributed by atoms with E-state index in [4.69, 9.17) is 9.94 Å². The Morgan fingerprint density at radius 1 is 1.12 bits per heavy atom. The van der Waals surface area contributed by atoms with Gasteiger partial charge in [0.25, 0.3) is 5.91 Å². The number of nitrogens with one attached hydrogen (secondary N) is 2. The predicted molar refractivity (Wildman–Crippen MR) is 129 cm³/mol. The average molecular weight is 463 g/mol. The number of hydrogen-bond acceptors (Lipinski definition) is 6. The first-order chi connectivity index (χ1) is 16.4. The van der Waals surface area contributed by atoms with Gasteiger partial charge < -0.3 is 15.0 Å². The number of hydroxylamine groups is 1. The van der Waals surface area contributed by atoms with Gasteiger partial charge in [-0.2, -0.15) is 0 Å². The van der Waals surface area contributed by atoms with Crippen molar-refractivity contribution in [3.8, 4) is 5.75 Å². The van der Waals surface area contributed by atoms with Crippen molar-refractivity contribution < 1.29 is 19.5 Å². The van der Waals surface area contributed by atoms with Crippen molar-refractivity contribution in [1.29, 1.82) is 0 Å². The van der Waals surface area contributed by atoms with Crippen LogP contribution in [-0.4, -0.2) is 53.1 Å². The van der Waals surface area contributed by atoms with Gasteiger partial charge in [0.1, 0.15) is 12.4 Å². The van der Waals surface area contributed by atoms with Crippen LogP contribution < -0.4 is 15.5 Å². The second kappa shape index (κ2) is 10.2. The molecule has 4 rings (SSSR count). The predicted octanol–water partition coefficient (Wildman–Crippen LogP) is 3.07. The summed E-state index contributed by atoms with van der Waals surface area (Å²) in [6.07, 6.45) is 1.21. The summed E-state index contributed by atoms with van der Waals surface area (Å²) >= 11 is 0. The van der Waals surface area contributed by atoms with Crippen molar-refractivity contribution in [1.82, 2.24) is 20.7 Å². The third-order valence-electron chi connectivity index (χ3n) is 6.47. The van der Waals surface area contributed by atoms with E-state index in [-0.39, 0.29) is 18.0 Å². The number of hydrogen-bond donors (Lipinski definition) is 3. The van der Waals surface area contributed by atoms with Gasteiger partial charge >= 0.3 is 0 Å². The maximum Gasteiger partial charge on any atom is 0.251 e. The highest BCUT2D eigenvalue weighted by molar-refractivity contribution is 5.95. The molecule has 1 aliphatic carbocycles. The van der Waals surface area contributed by atoms with Crippen LogP contribution in [0.5, 0.6) is 5.75 Å². The summed E-state index contributed by atoms with van der Waals surface area (Å²) in [5, 5.41) is 13.1. The molecule has 1 aliphatic rings. The van der Waals surface area contributed by atoms with Crippen LogP contribution in [-0.2, 0) is 11.4 Å². The molecule has 0 aliphatic heterocycles. The van der Waals surface area contributed by atoms with Gasteiger partial charge in [-0.3, -0.25) is 19.8 Å². The number of nitrogens with zero attached hydrogens (tertiary/aromatic N) is 2. The van der Waals surface area contributed by atoms with E-state index in [0.717, 1.165) is 22.2 Å². The van der Waals surface area contributed by atoms with Crippen molar-refractivity contribution in [3.05, 3.63) is 71.4 Å². The van der Waals surface area contributed by atoms with Crippen LogP contribution in [0.3, 0.4) is 0 Å². The number of aromatic nitrogens is 1. The number of ether oxygens (including phenoxy) is 1. The van der Waals surface area contributed by atoms with Gasteiger partial charge in [-0.15, -0.1) is 0 Å². The molecule has 3 N–H and O–H groups in total. The fourth-order valence-electron chi connectivity index (χ4n) is 4.59. The smallest absolute Gasteiger partial charge is 0.251 e. The van der Waals surface area contributed by atoms with Crippen molar-refractivity contribution in [3.63, 3.8) is 0 Å². The molecule has 8 nitrogen and oxygen atoms in total. The maximum absolute atomic E-state index is 12.8. The van der Waals surface area contributed by atoms with Crippen LogP contribution in [0.25, 0.3) is 10.9 Å². The maximum atomic E-state index is 12.8. The molecule has 2 unspecified atom stereocenters. The quantitative estimate of drug-likeness (QED) is 0.368. The van der Waals surface area contributed by atoms with Crippen LogP contribution >= 0.6 is 0 Å². The molecule has 1 aromatic heterocycles. The van der Waals surface area contributed by atoms with Crippen LogP contribution in [0.15, 0.2) is 54.6 Å². The summed E-state index contributed by atoms with van der Waals surface area (Å²) < 4.78 is 5.98. The topological polar surface area (TPSA) is 104 Å². The average Bonchev–Trinajstić information content (AvgIpc) is 3.26. The fraction of sp³-hybridized carbons (Fsp3) is 0.346. The Morgan fingerprint density at radius 2 is 1.85 bits per heavy atom. The molecular weight excluding hydrogens is 432 g/mol. The van der Waals surface area contributed by atoms with Gasteiger partial charge in [-0.05, 0) is 70.3 Å². The molecular formula is C26H30N4O4. The van der Waals surface area contributed by atoms with Gasteiger partial charge in [-0.25, -0.2) is 5.48 Å². The lowest BCUT2D eigenvalue weighted by Crippen LogP contribution is -2.43. The van der Waals surface area contributed by atoms with Crippen molar-refractivity contribution in [2.24, 2.45) is 5.92 Å². The molecule has 2 amide bonds. The molecule has 0 spiro atoms. The van der Waals surface area contributed by atoms with Crippen LogP contribution in [0.4, 0.5) is 0 Å². The molecule has 8 heteroatoms. The second-order valence-electron chi connectivity index (χ2n) is 9.00. The lowest BCUT2D eigenvalue weighted by Gasteiger charge is -2.19. The van der Waals surface area contributed by atoms with Gasteiger partial charge in [0, 0.05) is 34.3 Å². The summed E-state index contributed by atoms with van der Waals surface area (Å²) in [6, 6.07) is 16.7. The Hall–Kier alpha value is -3.49. The number of amides is 2. The van der Waals surface area contributed by atoms with Crippen LogP contribution in [0.1, 0.15) is 34.5 Å². The zero-order chi connectivity index (χ0) is 24.2. The largest absolute Gasteiger partial charge is 0.489 e. The minimum absolute atomic E-state index is 0.149. The zero-order valence-electron chi connectivity index (χ0n) is 19.6. The van der Waals surface area contributed by atoms with Crippen molar-refractivity contribution in [2.45, 2.75) is 38.5 Å². The molecule has 2 aromatic carbocycles. The monoisotopic (exact) mass is 462 g/mol. The molecule has 178 valence electrons. The molecule has 0 bridgehead atoms. The molecule has 1 fully saturated rings. The second-order valence-corrected chi connectivity index (χ2v) is 9.00. The minimum atomic E-state index is -0.484. The standard InChI is InChI=1S/C26H30N4O4/c1-16-12-18(21-6-4-5-7-23(21)27-16)15-34-20-10-8-17(9-11-20)25(31)28-24-14-19(30(2)3)13-22(24)26(32)29-33/h4-12,19,22,24,33H,13-15H2,1-3H3,(H,28,31)(H,29,32)/t19?,22-,24?/m0/s1. The Balaban J connectivity index is 1.41. The van der Waals surface area contributed by atoms with E-state index < -0.39 is 11.8 Å². The number of benzene rings is 2.